The van der Waals surface area contributed by atoms with Gasteiger partial charge in [-0.05, 0) is 18.9 Å². The Bertz CT molecular complexity index is 403. The lowest BCUT2D eigenvalue weighted by Crippen LogP contribution is -2.35. The van der Waals surface area contributed by atoms with Gasteiger partial charge in [0.05, 0.1) is 0 Å². The number of hydrogen-bond donors (Lipinski definition) is 2. The van der Waals surface area contributed by atoms with Crippen molar-refractivity contribution in [2.45, 2.75) is 32.2 Å². The standard InChI is InChI=1S/C14H19F2NO/c15-12-5-3-4-11(13(12)16)8-17-9-14(10-18)6-1-2-7-14/h3-5,17-18H,1-2,6-10H2. The minimum Gasteiger partial charge on any atom is -0.396 e. The van der Waals surface area contributed by atoms with Crippen LogP contribution in [0.4, 0.5) is 8.78 Å². The largest absolute Gasteiger partial charge is 0.396 e. The van der Waals surface area contributed by atoms with Crippen molar-refractivity contribution < 1.29 is 13.9 Å². The second-order valence-corrected chi connectivity index (χ2v) is 5.18. The van der Waals surface area contributed by atoms with Crippen LogP contribution >= 0.6 is 0 Å². The molecule has 0 heterocycles. The van der Waals surface area contributed by atoms with Crippen LogP contribution in [0, 0.1) is 17.0 Å². The molecule has 0 amide bonds. The van der Waals surface area contributed by atoms with E-state index in [1.807, 2.05) is 0 Å². The van der Waals surface area contributed by atoms with Crippen molar-refractivity contribution in [1.29, 1.82) is 0 Å². The molecule has 0 unspecified atom stereocenters. The van der Waals surface area contributed by atoms with Gasteiger partial charge in [0.1, 0.15) is 0 Å². The molecule has 0 aliphatic heterocycles. The van der Waals surface area contributed by atoms with Crippen molar-refractivity contribution in [2.24, 2.45) is 5.41 Å². The summed E-state index contributed by atoms with van der Waals surface area (Å²) in [7, 11) is 0. The fourth-order valence-corrected chi connectivity index (χ4v) is 2.66. The average molecular weight is 255 g/mol. The number of aliphatic hydroxyl groups is 1. The highest BCUT2D eigenvalue weighted by Crippen LogP contribution is 2.36. The SMILES string of the molecule is OCC1(CNCc2cccc(F)c2F)CCCC1. The molecule has 4 heteroatoms. The Morgan fingerprint density at radius 1 is 1.22 bits per heavy atom. The van der Waals surface area contributed by atoms with Gasteiger partial charge in [-0.15, -0.1) is 0 Å². The van der Waals surface area contributed by atoms with Gasteiger partial charge < -0.3 is 10.4 Å². The van der Waals surface area contributed by atoms with Gasteiger partial charge in [-0.3, -0.25) is 0 Å². The van der Waals surface area contributed by atoms with E-state index in [9.17, 15) is 13.9 Å². The number of hydrogen-bond acceptors (Lipinski definition) is 2. The molecule has 1 saturated carbocycles. The number of aliphatic hydroxyl groups excluding tert-OH is 1. The summed E-state index contributed by atoms with van der Waals surface area (Å²) >= 11 is 0. The van der Waals surface area contributed by atoms with E-state index in [0.29, 0.717) is 18.7 Å². The summed E-state index contributed by atoms with van der Waals surface area (Å²) in [5.74, 6) is -1.60. The summed E-state index contributed by atoms with van der Waals surface area (Å²) in [4.78, 5) is 0. The van der Waals surface area contributed by atoms with Gasteiger partial charge in [0.2, 0.25) is 0 Å². The van der Waals surface area contributed by atoms with Gasteiger partial charge in [0, 0.05) is 30.7 Å². The van der Waals surface area contributed by atoms with Crippen molar-refractivity contribution in [3.05, 3.63) is 35.4 Å². The van der Waals surface area contributed by atoms with Crippen LogP contribution in [0.3, 0.4) is 0 Å². The minimum absolute atomic E-state index is 0.0657. The lowest BCUT2D eigenvalue weighted by Gasteiger charge is -2.26. The first-order chi connectivity index (χ1) is 8.67. The number of nitrogens with one attached hydrogen (secondary N) is 1. The molecule has 0 aromatic heterocycles. The number of halogens is 2. The Hall–Kier alpha value is -1.00. The summed E-state index contributed by atoms with van der Waals surface area (Å²) in [5.41, 5.74) is 0.269. The molecule has 1 aromatic carbocycles. The van der Waals surface area contributed by atoms with Gasteiger partial charge in [-0.25, -0.2) is 8.78 Å². The topological polar surface area (TPSA) is 32.3 Å². The monoisotopic (exact) mass is 255 g/mol. The maximum absolute atomic E-state index is 13.4. The molecule has 2 N–H and O–H groups in total. The first-order valence-electron chi connectivity index (χ1n) is 6.41. The fourth-order valence-electron chi connectivity index (χ4n) is 2.66. The first kappa shape index (κ1) is 13.4. The number of benzene rings is 1. The minimum atomic E-state index is -0.813. The van der Waals surface area contributed by atoms with Crippen LogP contribution < -0.4 is 5.32 Å². The fraction of sp³-hybridized carbons (Fsp3) is 0.571. The van der Waals surface area contributed by atoms with E-state index in [4.69, 9.17) is 0 Å². The van der Waals surface area contributed by atoms with E-state index in [-0.39, 0.29) is 12.0 Å². The van der Waals surface area contributed by atoms with E-state index < -0.39 is 11.6 Å². The highest BCUT2D eigenvalue weighted by molar-refractivity contribution is 5.18. The van der Waals surface area contributed by atoms with Crippen LogP contribution in [0.25, 0.3) is 0 Å². The van der Waals surface area contributed by atoms with Gasteiger partial charge in [-0.1, -0.05) is 25.0 Å². The highest BCUT2D eigenvalue weighted by atomic mass is 19.2. The molecule has 100 valence electrons. The Morgan fingerprint density at radius 2 is 1.94 bits per heavy atom. The van der Waals surface area contributed by atoms with Crippen LogP contribution in [-0.2, 0) is 6.54 Å². The second kappa shape index (κ2) is 5.76. The number of rotatable bonds is 5. The summed E-state index contributed by atoms with van der Waals surface area (Å²) in [6, 6.07) is 4.20. The Labute approximate surface area is 106 Å². The third-order valence-corrected chi connectivity index (χ3v) is 3.85. The van der Waals surface area contributed by atoms with Gasteiger partial charge in [0.25, 0.3) is 0 Å². The summed E-state index contributed by atoms with van der Waals surface area (Å²) in [5, 5.41) is 12.6. The third-order valence-electron chi connectivity index (χ3n) is 3.85. The molecule has 0 bridgehead atoms. The van der Waals surface area contributed by atoms with Crippen LogP contribution in [0.2, 0.25) is 0 Å². The zero-order valence-electron chi connectivity index (χ0n) is 10.4. The summed E-state index contributed by atoms with van der Waals surface area (Å²) in [6.45, 7) is 1.11. The quantitative estimate of drug-likeness (QED) is 0.847. The molecular formula is C14H19F2NO. The van der Waals surface area contributed by atoms with Crippen LogP contribution in [0.1, 0.15) is 31.2 Å². The predicted octanol–water partition coefficient (Wildman–Crippen LogP) is 2.61. The maximum Gasteiger partial charge on any atom is 0.163 e. The molecule has 0 radical (unpaired) electrons. The van der Waals surface area contributed by atoms with E-state index in [2.05, 4.69) is 5.32 Å². The average Bonchev–Trinajstić information content (AvgIpc) is 2.84. The maximum atomic E-state index is 13.4. The first-order valence-corrected chi connectivity index (χ1v) is 6.41. The van der Waals surface area contributed by atoms with E-state index >= 15 is 0 Å². The smallest absolute Gasteiger partial charge is 0.163 e. The van der Waals surface area contributed by atoms with Crippen molar-refractivity contribution in [2.75, 3.05) is 13.2 Å². The van der Waals surface area contributed by atoms with Crippen LogP contribution in [0.15, 0.2) is 18.2 Å². The molecule has 2 nitrogen and oxygen atoms in total. The van der Waals surface area contributed by atoms with Crippen molar-refractivity contribution in [1.82, 2.24) is 5.32 Å². The zero-order chi connectivity index (χ0) is 13.0. The lowest BCUT2D eigenvalue weighted by atomic mass is 9.87. The molecule has 2 rings (SSSR count). The van der Waals surface area contributed by atoms with Crippen molar-refractivity contribution in [3.8, 4) is 0 Å². The Balaban J connectivity index is 1.90. The molecular weight excluding hydrogens is 236 g/mol. The molecule has 1 aliphatic rings. The second-order valence-electron chi connectivity index (χ2n) is 5.18. The van der Waals surface area contributed by atoms with E-state index in [1.165, 1.54) is 6.07 Å². The molecule has 18 heavy (non-hydrogen) atoms. The predicted molar refractivity (Wildman–Crippen MR) is 66.1 cm³/mol. The van der Waals surface area contributed by atoms with Crippen molar-refractivity contribution >= 4 is 0 Å². The molecule has 1 aliphatic carbocycles. The highest BCUT2D eigenvalue weighted by Gasteiger charge is 2.32. The third kappa shape index (κ3) is 2.87. The van der Waals surface area contributed by atoms with Gasteiger partial charge >= 0.3 is 0 Å². The molecule has 0 spiro atoms. The summed E-state index contributed by atoms with van der Waals surface area (Å²) < 4.78 is 26.4. The Morgan fingerprint density at radius 3 is 2.61 bits per heavy atom. The molecule has 0 saturated heterocycles. The van der Waals surface area contributed by atoms with Crippen LogP contribution in [0.5, 0.6) is 0 Å². The summed E-state index contributed by atoms with van der Waals surface area (Å²) in [6.07, 6.45) is 4.28. The van der Waals surface area contributed by atoms with E-state index in [0.717, 1.165) is 31.7 Å². The van der Waals surface area contributed by atoms with E-state index in [1.54, 1.807) is 6.07 Å². The van der Waals surface area contributed by atoms with Crippen molar-refractivity contribution in [3.63, 3.8) is 0 Å². The van der Waals surface area contributed by atoms with Gasteiger partial charge in [0.15, 0.2) is 11.6 Å². The normalized spacial score (nSPS) is 18.2. The molecule has 1 aromatic rings. The van der Waals surface area contributed by atoms with Gasteiger partial charge in [-0.2, -0.15) is 0 Å². The zero-order valence-corrected chi connectivity index (χ0v) is 10.4. The van der Waals surface area contributed by atoms with Crippen LogP contribution in [-0.4, -0.2) is 18.3 Å². The molecule has 1 fully saturated rings. The molecule has 0 atom stereocenters. The Kier molecular flexibility index (Phi) is 4.30. The lowest BCUT2D eigenvalue weighted by molar-refractivity contribution is 0.128.